The number of hydrogen-bond acceptors (Lipinski definition) is 9. The Kier molecular flexibility index (Phi) is 4.55. The molecule has 1 aromatic heterocycles. The van der Waals surface area contributed by atoms with Gasteiger partial charge in [0, 0.05) is 0 Å². The number of hydrogen-bond donors (Lipinski definition) is 2. The van der Waals surface area contributed by atoms with E-state index >= 15 is 0 Å². The Hall–Kier alpha value is -1.82. The number of carboxylic acids is 1. The predicted octanol–water partition coefficient (Wildman–Crippen LogP) is 1.13. The van der Waals surface area contributed by atoms with Crippen LogP contribution < -0.4 is 9.39 Å². The van der Waals surface area contributed by atoms with E-state index in [1.165, 1.54) is 23.1 Å². The van der Waals surface area contributed by atoms with Gasteiger partial charge in [-0.3, -0.25) is 0 Å². The Morgan fingerprint density at radius 3 is 2.92 bits per heavy atom. The van der Waals surface area contributed by atoms with Crippen molar-refractivity contribution in [1.29, 1.82) is 0 Å². The summed E-state index contributed by atoms with van der Waals surface area (Å²) >= 11 is 2.73. The summed E-state index contributed by atoms with van der Waals surface area (Å²) in [5, 5.41) is 27.3. The number of nitrogens with zero attached hydrogens (tertiary/aromatic N) is 2. The number of fused-ring (bicyclic) bond motifs is 1. The topological polar surface area (TPSA) is 111 Å². The molecule has 130 valence electrons. The van der Waals surface area contributed by atoms with Gasteiger partial charge in [0.15, 0.2) is 4.34 Å². The van der Waals surface area contributed by atoms with Gasteiger partial charge in [-0.1, -0.05) is 29.2 Å². The monoisotopic (exact) mass is 380 g/mol. The van der Waals surface area contributed by atoms with Crippen molar-refractivity contribution in [3.05, 3.63) is 28.8 Å². The molecule has 3 heterocycles. The van der Waals surface area contributed by atoms with E-state index in [1.54, 1.807) is 17.6 Å². The van der Waals surface area contributed by atoms with Crippen molar-refractivity contribution < 1.29 is 29.1 Å². The van der Waals surface area contributed by atoms with Crippen molar-refractivity contribution in [2.75, 3.05) is 13.2 Å². The first-order valence-electron chi connectivity index (χ1n) is 7.53. The van der Waals surface area contributed by atoms with Crippen LogP contribution in [0.25, 0.3) is 0 Å². The molecule has 2 aromatic rings. The van der Waals surface area contributed by atoms with E-state index in [4.69, 9.17) is 14.1 Å². The molecule has 4 rings (SSSR count). The van der Waals surface area contributed by atoms with Crippen LogP contribution in [-0.2, 0) is 11.2 Å². The van der Waals surface area contributed by atoms with E-state index in [0.717, 1.165) is 4.34 Å². The highest BCUT2D eigenvalue weighted by Crippen LogP contribution is 2.40. The summed E-state index contributed by atoms with van der Waals surface area (Å²) in [4.78, 5) is 11.7. The van der Waals surface area contributed by atoms with E-state index in [0.29, 0.717) is 25.2 Å². The van der Waals surface area contributed by atoms with Crippen LogP contribution in [0.1, 0.15) is 15.9 Å². The number of rotatable bonds is 5. The van der Waals surface area contributed by atoms with Gasteiger partial charge in [-0.15, -0.1) is 10.2 Å². The van der Waals surface area contributed by atoms with Crippen molar-refractivity contribution in [2.45, 2.75) is 22.0 Å². The normalized spacial score (nSPS) is 19.7. The van der Waals surface area contributed by atoms with Gasteiger partial charge in [-0.25, -0.2) is 4.79 Å². The largest absolute Gasteiger partial charge is 0.537 e. The van der Waals surface area contributed by atoms with Crippen LogP contribution in [0.2, 0.25) is 0 Å². The molecule has 1 fully saturated rings. The lowest BCUT2D eigenvalue weighted by atomic mass is 9.77. The average molecular weight is 380 g/mol. The zero-order valence-corrected chi connectivity index (χ0v) is 14.5. The predicted molar refractivity (Wildman–Crippen MR) is 90.5 cm³/mol. The first kappa shape index (κ1) is 16.6. The van der Waals surface area contributed by atoms with Crippen LogP contribution in [0.3, 0.4) is 0 Å². The molecule has 0 unspecified atom stereocenters. The number of aromatic nitrogens is 2. The molecule has 2 aliphatic rings. The molecule has 0 radical (unpaired) electrons. The zero-order valence-electron chi connectivity index (χ0n) is 12.8. The standard InChI is InChI=1S/C14H13BN2O6S2/c18-13(19)11-9(22-8-4-21-5-8)2-1-7-3-10(15(20)23-12(7)11)25-14-17-16-6-24-14/h1-2,6,8,10,20H,3-5H2,(H,18,19)/t10-/m0/s1. The molecule has 8 nitrogen and oxygen atoms in total. The van der Waals surface area contributed by atoms with E-state index < -0.39 is 13.1 Å². The minimum atomic E-state index is -1.16. The summed E-state index contributed by atoms with van der Waals surface area (Å²) in [5.74, 6) is -0.775. The Balaban J connectivity index is 1.62. The lowest BCUT2D eigenvalue weighted by Gasteiger charge is -2.30. The van der Waals surface area contributed by atoms with Gasteiger partial charge >= 0.3 is 13.1 Å². The van der Waals surface area contributed by atoms with E-state index in [2.05, 4.69) is 10.2 Å². The second-order valence-corrected chi connectivity index (χ2v) is 7.90. The third-order valence-corrected chi connectivity index (χ3v) is 5.93. The number of carboxylic acid groups (broad SMARTS) is 1. The van der Waals surface area contributed by atoms with Crippen LogP contribution in [0.15, 0.2) is 22.0 Å². The van der Waals surface area contributed by atoms with Gasteiger partial charge in [0.05, 0.1) is 18.4 Å². The smallest absolute Gasteiger partial charge is 0.534 e. The van der Waals surface area contributed by atoms with E-state index in [-0.39, 0.29) is 28.3 Å². The summed E-state index contributed by atoms with van der Waals surface area (Å²) in [7, 11) is -1.15. The number of thioether (sulfide) groups is 1. The number of ether oxygens (including phenoxy) is 2. The third kappa shape index (κ3) is 3.32. The van der Waals surface area contributed by atoms with Crippen LogP contribution >= 0.6 is 23.1 Å². The summed E-state index contributed by atoms with van der Waals surface area (Å²) in [6.07, 6.45) is 0.291. The molecule has 0 saturated carbocycles. The number of aromatic carboxylic acids is 1. The maximum absolute atomic E-state index is 11.7. The highest BCUT2D eigenvalue weighted by molar-refractivity contribution is 8.02. The SMILES string of the molecule is O=C(O)c1c(OC2COC2)ccc2c1OB(O)[C@@H](Sc1nncs1)C2. The Morgan fingerprint density at radius 2 is 2.28 bits per heavy atom. The molecule has 11 heteroatoms. The molecular weight excluding hydrogens is 367 g/mol. The van der Waals surface area contributed by atoms with Crippen LogP contribution in [0.5, 0.6) is 11.5 Å². The second kappa shape index (κ2) is 6.83. The lowest BCUT2D eigenvalue weighted by molar-refractivity contribution is -0.0799. The quantitative estimate of drug-likeness (QED) is 0.738. The minimum Gasteiger partial charge on any atom is -0.534 e. The Bertz CT molecular complexity index is 786. The van der Waals surface area contributed by atoms with Crippen LogP contribution in [0.4, 0.5) is 0 Å². The molecule has 0 bridgehead atoms. The van der Waals surface area contributed by atoms with Crippen LogP contribution in [0, 0.1) is 0 Å². The summed E-state index contributed by atoms with van der Waals surface area (Å²) in [6, 6.07) is 3.41. The van der Waals surface area contributed by atoms with Gasteiger partial charge in [-0.05, 0) is 18.1 Å². The molecule has 0 amide bonds. The van der Waals surface area contributed by atoms with Crippen molar-refractivity contribution in [1.82, 2.24) is 10.2 Å². The molecule has 2 N–H and O–H groups in total. The highest BCUT2D eigenvalue weighted by atomic mass is 32.2. The minimum absolute atomic E-state index is 0.0668. The summed E-state index contributed by atoms with van der Waals surface area (Å²) < 4.78 is 17.0. The maximum atomic E-state index is 11.7. The van der Waals surface area contributed by atoms with Crippen molar-refractivity contribution in [3.8, 4) is 11.5 Å². The van der Waals surface area contributed by atoms with Gasteiger partial charge in [0.25, 0.3) is 0 Å². The van der Waals surface area contributed by atoms with Crippen molar-refractivity contribution in [2.24, 2.45) is 0 Å². The molecule has 1 aromatic carbocycles. The van der Waals surface area contributed by atoms with Gasteiger partial charge in [0.1, 0.15) is 28.7 Å². The molecule has 0 aliphatic carbocycles. The number of carbonyl (C=O) groups is 1. The van der Waals surface area contributed by atoms with Crippen molar-refractivity contribution in [3.63, 3.8) is 0 Å². The molecule has 25 heavy (non-hydrogen) atoms. The highest BCUT2D eigenvalue weighted by Gasteiger charge is 2.39. The fraction of sp³-hybridized carbons (Fsp3) is 0.357. The Labute approximate surface area is 151 Å². The fourth-order valence-corrected chi connectivity index (χ4v) is 4.41. The fourth-order valence-electron chi connectivity index (χ4n) is 2.62. The Morgan fingerprint density at radius 1 is 1.44 bits per heavy atom. The molecule has 1 atom stereocenters. The zero-order chi connectivity index (χ0) is 17.4. The first-order chi connectivity index (χ1) is 12.1. The van der Waals surface area contributed by atoms with Crippen LogP contribution in [-0.4, -0.2) is 57.9 Å². The molecule has 2 aliphatic heterocycles. The summed E-state index contributed by atoms with van der Waals surface area (Å²) in [6.45, 7) is 0.861. The summed E-state index contributed by atoms with van der Waals surface area (Å²) in [5.41, 5.74) is 2.26. The number of benzene rings is 1. The van der Waals surface area contributed by atoms with Gasteiger partial charge < -0.3 is 24.3 Å². The van der Waals surface area contributed by atoms with E-state index in [9.17, 15) is 14.9 Å². The van der Waals surface area contributed by atoms with Crippen molar-refractivity contribution >= 4 is 36.2 Å². The molecule has 0 spiro atoms. The van der Waals surface area contributed by atoms with Gasteiger partial charge in [-0.2, -0.15) is 0 Å². The molecular formula is C14H13BN2O6S2. The second-order valence-electron chi connectivity index (χ2n) is 5.58. The van der Waals surface area contributed by atoms with E-state index in [1.807, 2.05) is 0 Å². The average Bonchev–Trinajstić information content (AvgIpc) is 3.04. The van der Waals surface area contributed by atoms with Gasteiger partial charge in [0.2, 0.25) is 0 Å². The maximum Gasteiger partial charge on any atom is 0.537 e. The molecule has 1 saturated heterocycles. The first-order valence-corrected chi connectivity index (χ1v) is 9.29. The third-order valence-electron chi connectivity index (χ3n) is 3.89. The lowest BCUT2D eigenvalue weighted by Crippen LogP contribution is -2.41.